The van der Waals surface area contributed by atoms with Crippen molar-refractivity contribution in [2.24, 2.45) is 5.41 Å². The van der Waals surface area contributed by atoms with Crippen LogP contribution in [0.15, 0.2) is 42.2 Å². The molecule has 9 heteroatoms. The fraction of sp³-hybridized carbons (Fsp3) is 0.481. The van der Waals surface area contributed by atoms with E-state index in [-0.39, 0.29) is 30.8 Å². The predicted molar refractivity (Wildman–Crippen MR) is 140 cm³/mol. The van der Waals surface area contributed by atoms with Gasteiger partial charge in [-0.05, 0) is 42.9 Å². The van der Waals surface area contributed by atoms with Gasteiger partial charge in [-0.25, -0.2) is 4.98 Å². The summed E-state index contributed by atoms with van der Waals surface area (Å²) in [5, 5.41) is 17.9. The predicted octanol–water partition coefficient (Wildman–Crippen LogP) is 4.05. The van der Waals surface area contributed by atoms with Crippen LogP contribution < -0.4 is 5.32 Å². The van der Waals surface area contributed by atoms with Crippen molar-refractivity contribution in [3.63, 3.8) is 0 Å². The number of nitrogens with one attached hydrogen (secondary N) is 1. The first-order valence-corrected chi connectivity index (χ1v) is 13.1. The Balaban J connectivity index is 1.50. The summed E-state index contributed by atoms with van der Waals surface area (Å²) < 4.78 is 1.67. The molecular weight excluding hydrogens is 474 g/mol. The third-order valence-corrected chi connectivity index (χ3v) is 7.67. The van der Waals surface area contributed by atoms with E-state index in [1.54, 1.807) is 22.2 Å². The van der Waals surface area contributed by atoms with E-state index in [0.717, 1.165) is 27.3 Å². The number of benzene rings is 1. The van der Waals surface area contributed by atoms with Crippen LogP contribution in [-0.2, 0) is 9.59 Å². The fourth-order valence-electron chi connectivity index (χ4n) is 4.81. The highest BCUT2D eigenvalue weighted by atomic mass is 32.1. The molecule has 8 nitrogen and oxygen atoms in total. The number of hydrogen-bond donors (Lipinski definition) is 2. The Hall–Kier alpha value is -3.04. The van der Waals surface area contributed by atoms with Gasteiger partial charge in [0.15, 0.2) is 0 Å². The highest BCUT2D eigenvalue weighted by Gasteiger charge is 2.45. The molecule has 1 aromatic carbocycles. The maximum atomic E-state index is 13.8. The Labute approximate surface area is 216 Å². The monoisotopic (exact) mass is 509 g/mol. The molecule has 3 heterocycles. The molecule has 0 unspecified atom stereocenters. The van der Waals surface area contributed by atoms with Crippen molar-refractivity contribution >= 4 is 23.2 Å². The van der Waals surface area contributed by atoms with Crippen LogP contribution in [0.25, 0.3) is 10.4 Å². The van der Waals surface area contributed by atoms with Gasteiger partial charge in [-0.3, -0.25) is 14.3 Å². The minimum atomic E-state index is -0.748. The van der Waals surface area contributed by atoms with Crippen molar-refractivity contribution in [2.45, 2.75) is 72.2 Å². The second-order valence-electron chi connectivity index (χ2n) is 10.8. The maximum Gasteiger partial charge on any atom is 0.248 e. The molecule has 1 aliphatic heterocycles. The first-order chi connectivity index (χ1) is 17.0. The van der Waals surface area contributed by atoms with E-state index in [9.17, 15) is 14.7 Å². The molecule has 1 saturated heterocycles. The third kappa shape index (κ3) is 5.37. The number of hydrogen-bond acceptors (Lipinski definition) is 6. The van der Waals surface area contributed by atoms with E-state index in [4.69, 9.17) is 0 Å². The molecule has 4 rings (SSSR count). The van der Waals surface area contributed by atoms with Crippen molar-refractivity contribution in [2.75, 3.05) is 6.54 Å². The summed E-state index contributed by atoms with van der Waals surface area (Å²) in [6.07, 6.45) is 3.03. The number of aliphatic hydroxyl groups excluding tert-OH is 1. The zero-order valence-electron chi connectivity index (χ0n) is 21.7. The van der Waals surface area contributed by atoms with Crippen LogP contribution in [-0.4, -0.2) is 55.3 Å². The summed E-state index contributed by atoms with van der Waals surface area (Å²) in [5.41, 5.74) is 5.41. The summed E-state index contributed by atoms with van der Waals surface area (Å²) in [6, 6.07) is 6.49. The molecule has 0 saturated carbocycles. The van der Waals surface area contributed by atoms with Gasteiger partial charge >= 0.3 is 0 Å². The molecule has 2 amide bonds. The molecule has 2 N–H and O–H groups in total. The topological polar surface area (TPSA) is 100 Å². The van der Waals surface area contributed by atoms with Crippen molar-refractivity contribution in [1.29, 1.82) is 0 Å². The number of amides is 2. The van der Waals surface area contributed by atoms with E-state index < -0.39 is 23.6 Å². The average Bonchev–Trinajstić information content (AvgIpc) is 3.53. The highest BCUT2D eigenvalue weighted by molar-refractivity contribution is 7.13. The number of nitrogens with zero attached hydrogens (tertiary/aromatic N) is 4. The second-order valence-corrected chi connectivity index (χ2v) is 11.6. The molecule has 0 spiro atoms. The normalized spacial score (nSPS) is 19.8. The van der Waals surface area contributed by atoms with Gasteiger partial charge in [0, 0.05) is 19.2 Å². The smallest absolute Gasteiger partial charge is 0.248 e. The van der Waals surface area contributed by atoms with Gasteiger partial charge in [0.25, 0.3) is 0 Å². The molecule has 0 radical (unpaired) electrons. The second kappa shape index (κ2) is 10.1. The molecule has 2 aromatic heterocycles. The van der Waals surface area contributed by atoms with E-state index in [0.29, 0.717) is 0 Å². The van der Waals surface area contributed by atoms with E-state index >= 15 is 0 Å². The van der Waals surface area contributed by atoms with Crippen molar-refractivity contribution in [3.8, 4) is 10.4 Å². The third-order valence-electron chi connectivity index (χ3n) is 6.69. The van der Waals surface area contributed by atoms with Gasteiger partial charge in [-0.15, -0.1) is 11.3 Å². The first kappa shape index (κ1) is 26.0. The number of aliphatic hydroxyl groups is 1. The van der Waals surface area contributed by atoms with Crippen LogP contribution in [0.3, 0.4) is 0 Å². The van der Waals surface area contributed by atoms with Gasteiger partial charge in [-0.1, -0.05) is 45.0 Å². The van der Waals surface area contributed by atoms with Crippen LogP contribution >= 0.6 is 11.3 Å². The lowest BCUT2D eigenvalue weighted by molar-refractivity contribution is -0.144. The highest BCUT2D eigenvalue weighted by Crippen LogP contribution is 2.35. The largest absolute Gasteiger partial charge is 0.391 e. The minimum Gasteiger partial charge on any atom is -0.391 e. The number of aromatic nitrogens is 3. The molecule has 36 heavy (non-hydrogen) atoms. The number of carbonyl (C=O) groups excluding carboxylic acids is 2. The van der Waals surface area contributed by atoms with E-state index in [1.165, 1.54) is 4.90 Å². The number of aryl methyl sites for hydroxylation is 2. The maximum absolute atomic E-state index is 13.8. The first-order valence-electron chi connectivity index (χ1n) is 12.3. The number of β-amino-alcohol motifs (C(OH)–C–C–N with tert-alkyl or cyclic N) is 1. The van der Waals surface area contributed by atoms with E-state index in [1.807, 2.05) is 77.5 Å². The van der Waals surface area contributed by atoms with Gasteiger partial charge in [0.2, 0.25) is 11.8 Å². The zero-order chi connectivity index (χ0) is 26.2. The minimum absolute atomic E-state index is 0.126. The summed E-state index contributed by atoms with van der Waals surface area (Å²) in [7, 11) is 0. The van der Waals surface area contributed by atoms with Gasteiger partial charge in [0.1, 0.15) is 12.1 Å². The summed E-state index contributed by atoms with van der Waals surface area (Å²) in [4.78, 5) is 34.1. The Kier molecular flexibility index (Phi) is 7.33. The molecule has 1 fully saturated rings. The Bertz CT molecular complexity index is 1230. The van der Waals surface area contributed by atoms with Crippen LogP contribution in [0.2, 0.25) is 0 Å². The zero-order valence-corrected chi connectivity index (χ0v) is 22.5. The summed E-state index contributed by atoms with van der Waals surface area (Å²) in [5.74, 6) is -0.474. The van der Waals surface area contributed by atoms with Gasteiger partial charge in [0.05, 0.1) is 34.4 Å². The number of likely N-dealkylation sites (tertiary alicyclic amines) is 1. The van der Waals surface area contributed by atoms with Crippen molar-refractivity contribution in [3.05, 3.63) is 59.0 Å². The standard InChI is InChI=1S/C27H35N5O3S/c1-16-12-29-32(13-16)24(27(4,5)6)26(35)31-14-21(33)11-22(31)25(34)30-17(2)19-7-9-20(10-8-19)23-18(3)28-15-36-23/h7-10,12-13,15,17,21-22,24,33H,11,14H2,1-6H3,(H,30,34)/t17-,21+,22-,24+/m0/s1. The van der Waals surface area contributed by atoms with Crippen LogP contribution in [0, 0.1) is 19.3 Å². The van der Waals surface area contributed by atoms with Crippen LogP contribution in [0.5, 0.6) is 0 Å². The van der Waals surface area contributed by atoms with Gasteiger partial charge < -0.3 is 15.3 Å². The lowest BCUT2D eigenvalue weighted by Crippen LogP contribution is -2.50. The Morgan fingerprint density at radius 1 is 1.19 bits per heavy atom. The molecule has 3 aromatic rings. The number of carbonyl (C=O) groups is 2. The SMILES string of the molecule is Cc1cnn([C@H](C(=O)N2C[C@H](O)C[C@H]2C(=O)N[C@@H](C)c2ccc(-c3scnc3C)cc2)C(C)(C)C)c1. The molecular formula is C27H35N5O3S. The molecule has 1 aliphatic rings. The summed E-state index contributed by atoms with van der Waals surface area (Å²) in [6.45, 7) is 11.9. The van der Waals surface area contributed by atoms with Gasteiger partial charge in [-0.2, -0.15) is 5.10 Å². The molecule has 192 valence electrons. The lowest BCUT2D eigenvalue weighted by Gasteiger charge is -2.35. The number of thiazole rings is 1. The molecule has 4 atom stereocenters. The van der Waals surface area contributed by atoms with Crippen LogP contribution in [0.4, 0.5) is 0 Å². The fourth-order valence-corrected chi connectivity index (χ4v) is 5.62. The molecule has 0 bridgehead atoms. The van der Waals surface area contributed by atoms with Crippen molar-refractivity contribution < 1.29 is 14.7 Å². The average molecular weight is 510 g/mol. The Morgan fingerprint density at radius 3 is 2.44 bits per heavy atom. The lowest BCUT2D eigenvalue weighted by atomic mass is 9.85. The Morgan fingerprint density at radius 2 is 1.89 bits per heavy atom. The quantitative estimate of drug-likeness (QED) is 0.522. The van der Waals surface area contributed by atoms with Crippen molar-refractivity contribution in [1.82, 2.24) is 25.0 Å². The number of rotatable bonds is 6. The van der Waals surface area contributed by atoms with Crippen LogP contribution in [0.1, 0.15) is 63.0 Å². The van der Waals surface area contributed by atoms with E-state index in [2.05, 4.69) is 15.4 Å². The molecule has 0 aliphatic carbocycles. The summed E-state index contributed by atoms with van der Waals surface area (Å²) >= 11 is 1.60.